The summed E-state index contributed by atoms with van der Waals surface area (Å²) in [5.74, 6) is -3.41. The molecule has 16 heavy (non-hydrogen) atoms. The molecule has 1 aliphatic rings. The summed E-state index contributed by atoms with van der Waals surface area (Å²) in [4.78, 5) is 2.00. The van der Waals surface area contributed by atoms with Gasteiger partial charge in [0, 0.05) is 12.1 Å². The molecule has 0 spiro atoms. The van der Waals surface area contributed by atoms with E-state index in [1.807, 2.05) is 16.7 Å². The third-order valence-electron chi connectivity index (χ3n) is 2.93. The normalized spacial score (nSPS) is 22.6. The molecule has 0 amide bonds. The Bertz CT molecular complexity index is 326. The van der Waals surface area contributed by atoms with E-state index in [-0.39, 0.29) is 6.54 Å². The van der Waals surface area contributed by atoms with Gasteiger partial charge in [-0.15, -0.1) is 0 Å². The molecule has 0 atom stereocenters. The van der Waals surface area contributed by atoms with Crippen LogP contribution in [0.15, 0.2) is 0 Å². The number of piperidine rings is 1. The molecule has 1 heterocycles. The molecular weight excluding hydrogens is 240 g/mol. The quantitative estimate of drug-likeness (QED) is 0.715. The lowest BCUT2D eigenvalue weighted by Crippen LogP contribution is -2.59. The van der Waals surface area contributed by atoms with Crippen molar-refractivity contribution >= 4 is 10.0 Å². The summed E-state index contributed by atoms with van der Waals surface area (Å²) in [6.07, 6.45) is 0.901. The molecule has 96 valence electrons. The van der Waals surface area contributed by atoms with Crippen molar-refractivity contribution in [2.75, 3.05) is 26.7 Å². The van der Waals surface area contributed by atoms with Crippen molar-refractivity contribution < 1.29 is 17.2 Å². The minimum atomic E-state index is -4.57. The summed E-state index contributed by atoms with van der Waals surface area (Å²) < 4.78 is 48.8. The van der Waals surface area contributed by atoms with E-state index in [0.717, 1.165) is 0 Å². The Hall–Kier alpha value is -0.310. The Kier molecular flexibility index (Phi) is 4.22. The van der Waals surface area contributed by atoms with Crippen molar-refractivity contribution in [2.24, 2.45) is 5.73 Å². The van der Waals surface area contributed by atoms with Gasteiger partial charge in [0.25, 0.3) is 10.0 Å². The fraction of sp³-hybridized carbons (Fsp3) is 1.00. The van der Waals surface area contributed by atoms with Gasteiger partial charge in [-0.2, -0.15) is 8.78 Å². The maximum absolute atomic E-state index is 12.2. The van der Waals surface area contributed by atoms with Crippen molar-refractivity contribution in [3.8, 4) is 0 Å². The van der Waals surface area contributed by atoms with E-state index in [0.29, 0.717) is 25.9 Å². The molecule has 0 bridgehead atoms. The van der Waals surface area contributed by atoms with Gasteiger partial charge in [0.1, 0.15) is 0 Å². The molecular formula is C8H17F2N3O2S. The van der Waals surface area contributed by atoms with Crippen LogP contribution in [0.5, 0.6) is 0 Å². The number of nitrogens with zero attached hydrogens (tertiary/aromatic N) is 1. The Morgan fingerprint density at radius 1 is 1.44 bits per heavy atom. The van der Waals surface area contributed by atoms with Crippen molar-refractivity contribution in [3.63, 3.8) is 0 Å². The van der Waals surface area contributed by atoms with Gasteiger partial charge in [0.05, 0.1) is 0 Å². The van der Waals surface area contributed by atoms with Gasteiger partial charge in [-0.05, 0) is 33.0 Å². The Morgan fingerprint density at radius 3 is 2.31 bits per heavy atom. The van der Waals surface area contributed by atoms with Gasteiger partial charge in [0.2, 0.25) is 0 Å². The molecule has 0 aliphatic carbocycles. The Morgan fingerprint density at radius 2 is 1.94 bits per heavy atom. The number of alkyl halides is 2. The lowest BCUT2D eigenvalue weighted by molar-refractivity contribution is 0.174. The van der Waals surface area contributed by atoms with E-state index < -0.39 is 21.3 Å². The van der Waals surface area contributed by atoms with E-state index in [1.54, 1.807) is 0 Å². The third-order valence-corrected chi connectivity index (χ3v) is 4.11. The van der Waals surface area contributed by atoms with Crippen LogP contribution < -0.4 is 10.5 Å². The predicted octanol–water partition coefficient (Wildman–Crippen LogP) is -0.448. The highest BCUT2D eigenvalue weighted by molar-refractivity contribution is 7.89. The van der Waals surface area contributed by atoms with Crippen LogP contribution in [0.25, 0.3) is 0 Å². The van der Waals surface area contributed by atoms with Crippen LogP contribution in [-0.2, 0) is 10.0 Å². The Balaban J connectivity index is 2.76. The summed E-state index contributed by atoms with van der Waals surface area (Å²) >= 11 is 0. The predicted molar refractivity (Wildman–Crippen MR) is 56.6 cm³/mol. The molecule has 0 aromatic rings. The molecule has 1 saturated heterocycles. The molecule has 0 unspecified atom stereocenters. The average Bonchev–Trinajstić information content (AvgIpc) is 2.21. The fourth-order valence-corrected chi connectivity index (χ4v) is 2.72. The first-order valence-corrected chi connectivity index (χ1v) is 6.55. The van der Waals surface area contributed by atoms with Crippen molar-refractivity contribution in [3.05, 3.63) is 0 Å². The number of sulfonamides is 1. The van der Waals surface area contributed by atoms with E-state index in [2.05, 4.69) is 0 Å². The standard InChI is InChI=1S/C8H17F2N3O2S/c1-13-4-2-8(6-11,3-5-13)12-16(14,15)7(9)10/h7,12H,2-6,11H2,1H3. The van der Waals surface area contributed by atoms with E-state index in [9.17, 15) is 17.2 Å². The van der Waals surface area contributed by atoms with E-state index >= 15 is 0 Å². The van der Waals surface area contributed by atoms with Crippen LogP contribution in [0.1, 0.15) is 12.8 Å². The molecule has 0 radical (unpaired) electrons. The van der Waals surface area contributed by atoms with E-state index in [1.165, 1.54) is 0 Å². The first-order chi connectivity index (χ1) is 7.31. The molecule has 0 saturated carbocycles. The second-order valence-corrected chi connectivity index (χ2v) is 5.85. The molecule has 8 heteroatoms. The highest BCUT2D eigenvalue weighted by Crippen LogP contribution is 2.22. The second kappa shape index (κ2) is 4.91. The second-order valence-electron chi connectivity index (χ2n) is 4.20. The number of rotatable bonds is 4. The zero-order valence-corrected chi connectivity index (χ0v) is 9.93. The zero-order chi connectivity index (χ0) is 12.4. The number of hydrogen-bond acceptors (Lipinski definition) is 4. The van der Waals surface area contributed by atoms with Gasteiger partial charge in [-0.3, -0.25) is 0 Å². The molecule has 3 N–H and O–H groups in total. The number of halogens is 2. The highest BCUT2D eigenvalue weighted by atomic mass is 32.2. The number of nitrogens with one attached hydrogen (secondary N) is 1. The minimum Gasteiger partial charge on any atom is -0.329 e. The van der Waals surface area contributed by atoms with Gasteiger partial charge in [-0.1, -0.05) is 0 Å². The maximum Gasteiger partial charge on any atom is 0.350 e. The van der Waals surface area contributed by atoms with E-state index in [4.69, 9.17) is 5.73 Å². The largest absolute Gasteiger partial charge is 0.350 e. The SMILES string of the molecule is CN1CCC(CN)(NS(=O)(=O)C(F)F)CC1. The molecule has 1 fully saturated rings. The lowest BCUT2D eigenvalue weighted by Gasteiger charge is -2.39. The minimum absolute atomic E-state index is 0.0345. The maximum atomic E-state index is 12.2. The van der Waals surface area contributed by atoms with Crippen LogP contribution >= 0.6 is 0 Å². The number of nitrogens with two attached hydrogens (primary N) is 1. The Labute approximate surface area is 94.0 Å². The summed E-state index contributed by atoms with van der Waals surface area (Å²) in [5.41, 5.74) is 4.59. The van der Waals surface area contributed by atoms with Crippen molar-refractivity contribution in [2.45, 2.75) is 24.1 Å². The van der Waals surface area contributed by atoms with Crippen LogP contribution in [0.4, 0.5) is 8.78 Å². The lowest BCUT2D eigenvalue weighted by atomic mass is 9.89. The number of likely N-dealkylation sites (tertiary alicyclic amines) is 1. The van der Waals surface area contributed by atoms with Crippen molar-refractivity contribution in [1.29, 1.82) is 0 Å². The number of hydrogen-bond donors (Lipinski definition) is 2. The van der Waals surface area contributed by atoms with Crippen LogP contribution in [0, 0.1) is 0 Å². The first-order valence-electron chi connectivity index (χ1n) is 5.01. The topological polar surface area (TPSA) is 75.4 Å². The summed E-state index contributed by atoms with van der Waals surface area (Å²) in [7, 11) is -2.68. The monoisotopic (exact) mass is 257 g/mol. The van der Waals surface area contributed by atoms with Crippen LogP contribution in [-0.4, -0.2) is 51.3 Å². The van der Waals surface area contributed by atoms with Crippen LogP contribution in [0.3, 0.4) is 0 Å². The smallest absolute Gasteiger partial charge is 0.329 e. The average molecular weight is 257 g/mol. The first kappa shape index (κ1) is 13.8. The zero-order valence-electron chi connectivity index (χ0n) is 9.12. The van der Waals surface area contributed by atoms with Gasteiger partial charge < -0.3 is 10.6 Å². The molecule has 0 aromatic heterocycles. The van der Waals surface area contributed by atoms with Gasteiger partial charge in [0.15, 0.2) is 0 Å². The molecule has 0 aromatic carbocycles. The van der Waals surface area contributed by atoms with Gasteiger partial charge in [-0.25, -0.2) is 13.1 Å². The summed E-state index contributed by atoms with van der Waals surface area (Å²) in [6.45, 7) is 1.32. The fourth-order valence-electron chi connectivity index (χ4n) is 1.74. The molecule has 1 rings (SSSR count). The summed E-state index contributed by atoms with van der Waals surface area (Å²) in [6, 6.07) is 0. The van der Waals surface area contributed by atoms with Gasteiger partial charge >= 0.3 is 5.76 Å². The summed E-state index contributed by atoms with van der Waals surface area (Å²) in [5, 5.41) is 0. The van der Waals surface area contributed by atoms with Crippen molar-refractivity contribution in [1.82, 2.24) is 9.62 Å². The molecule has 5 nitrogen and oxygen atoms in total. The highest BCUT2D eigenvalue weighted by Gasteiger charge is 2.39. The third kappa shape index (κ3) is 3.09. The van der Waals surface area contributed by atoms with Crippen LogP contribution in [0.2, 0.25) is 0 Å². The molecule has 1 aliphatic heterocycles.